The minimum absolute atomic E-state index is 0.0172. The number of anilines is 2. The molecule has 0 radical (unpaired) electrons. The molecule has 2 heterocycles. The molecular formula is C17H17N5O3S. The molecule has 1 atom stereocenters. The second-order valence-corrected chi connectivity index (χ2v) is 8.28. The average Bonchev–Trinajstić information content (AvgIpc) is 3.01. The van der Waals surface area contributed by atoms with Crippen LogP contribution in [0.2, 0.25) is 0 Å². The predicted octanol–water partition coefficient (Wildman–Crippen LogP) is 1.35. The van der Waals surface area contributed by atoms with E-state index in [0.29, 0.717) is 17.7 Å². The minimum Gasteiger partial charge on any atom is -0.336 e. The average molecular weight is 371 g/mol. The second-order valence-electron chi connectivity index (χ2n) is 6.05. The summed E-state index contributed by atoms with van der Waals surface area (Å²) in [5, 5.41) is 11.8. The first-order chi connectivity index (χ1) is 12.4. The highest BCUT2D eigenvalue weighted by molar-refractivity contribution is 7.91. The molecule has 1 aliphatic heterocycles. The van der Waals surface area contributed by atoms with E-state index in [-0.39, 0.29) is 35.1 Å². The van der Waals surface area contributed by atoms with Gasteiger partial charge in [0.15, 0.2) is 9.84 Å². The van der Waals surface area contributed by atoms with Crippen LogP contribution < -0.4 is 5.32 Å². The maximum atomic E-state index is 12.6. The number of amides is 1. The molecule has 134 valence electrons. The van der Waals surface area contributed by atoms with Gasteiger partial charge < -0.3 is 10.2 Å². The van der Waals surface area contributed by atoms with Crippen molar-refractivity contribution in [3.63, 3.8) is 0 Å². The van der Waals surface area contributed by atoms with Crippen molar-refractivity contribution in [2.45, 2.75) is 12.5 Å². The summed E-state index contributed by atoms with van der Waals surface area (Å²) in [5.74, 6) is -0.0216. The highest BCUT2D eigenvalue weighted by Crippen LogP contribution is 2.19. The minimum atomic E-state index is -3.07. The molecule has 1 saturated heterocycles. The summed E-state index contributed by atoms with van der Waals surface area (Å²) in [7, 11) is -1.49. The lowest BCUT2D eigenvalue weighted by atomic mass is 10.2. The fourth-order valence-corrected chi connectivity index (χ4v) is 4.50. The van der Waals surface area contributed by atoms with Crippen LogP contribution in [0.5, 0.6) is 0 Å². The highest BCUT2D eigenvalue weighted by Gasteiger charge is 2.33. The van der Waals surface area contributed by atoms with Gasteiger partial charge in [-0.3, -0.25) is 4.79 Å². The molecule has 3 rings (SSSR count). The quantitative estimate of drug-likeness (QED) is 0.862. The van der Waals surface area contributed by atoms with Crippen molar-refractivity contribution >= 4 is 27.4 Å². The van der Waals surface area contributed by atoms with E-state index in [0.717, 1.165) is 0 Å². The molecule has 1 aromatic heterocycles. The first-order valence-corrected chi connectivity index (χ1v) is 9.78. The second kappa shape index (κ2) is 7.09. The summed E-state index contributed by atoms with van der Waals surface area (Å²) in [5.41, 5.74) is 1.40. The van der Waals surface area contributed by atoms with Gasteiger partial charge in [0.05, 0.1) is 23.1 Å². The first-order valence-electron chi connectivity index (χ1n) is 7.96. The van der Waals surface area contributed by atoms with Gasteiger partial charge in [-0.2, -0.15) is 5.26 Å². The van der Waals surface area contributed by atoms with Crippen molar-refractivity contribution in [3.05, 3.63) is 47.8 Å². The van der Waals surface area contributed by atoms with Crippen LogP contribution in [0.1, 0.15) is 22.5 Å². The standard InChI is InChI=1S/C17H17N5O3S/c1-22(14-7-9-26(24,25)11-14)16(23)15-6-8-19-17(21-15)20-13-4-2-12(10-18)3-5-13/h2-6,8,14H,7,9,11H2,1H3,(H,19,20,21). The first kappa shape index (κ1) is 17.8. The van der Waals surface area contributed by atoms with Crippen LogP contribution in [-0.2, 0) is 9.84 Å². The van der Waals surface area contributed by atoms with Crippen molar-refractivity contribution < 1.29 is 13.2 Å². The molecule has 0 spiro atoms. The van der Waals surface area contributed by atoms with Crippen molar-refractivity contribution in [3.8, 4) is 6.07 Å². The van der Waals surface area contributed by atoms with Gasteiger partial charge in [0.25, 0.3) is 5.91 Å². The topological polar surface area (TPSA) is 116 Å². The molecule has 1 aromatic carbocycles. The lowest BCUT2D eigenvalue weighted by molar-refractivity contribution is 0.0741. The Balaban J connectivity index is 1.73. The third kappa shape index (κ3) is 3.97. The Hall–Kier alpha value is -2.99. The molecule has 2 aromatic rings. The van der Waals surface area contributed by atoms with E-state index in [1.807, 2.05) is 6.07 Å². The molecule has 26 heavy (non-hydrogen) atoms. The Kier molecular flexibility index (Phi) is 4.86. The summed E-state index contributed by atoms with van der Waals surface area (Å²) < 4.78 is 23.2. The SMILES string of the molecule is CN(C(=O)c1ccnc(Nc2ccc(C#N)cc2)n1)C1CCS(=O)(=O)C1. The normalized spacial score (nSPS) is 18.1. The molecule has 1 N–H and O–H groups in total. The van der Waals surface area contributed by atoms with E-state index in [1.165, 1.54) is 17.2 Å². The Morgan fingerprint density at radius 1 is 1.31 bits per heavy atom. The van der Waals surface area contributed by atoms with Gasteiger partial charge in [0, 0.05) is 25.0 Å². The largest absolute Gasteiger partial charge is 0.336 e. The molecule has 0 aliphatic carbocycles. The predicted molar refractivity (Wildman–Crippen MR) is 95.6 cm³/mol. The zero-order chi connectivity index (χ0) is 18.7. The fraction of sp³-hybridized carbons (Fsp3) is 0.294. The van der Waals surface area contributed by atoms with Gasteiger partial charge in [-0.05, 0) is 36.8 Å². The van der Waals surface area contributed by atoms with Crippen LogP contribution in [0.4, 0.5) is 11.6 Å². The van der Waals surface area contributed by atoms with Gasteiger partial charge in [-0.25, -0.2) is 18.4 Å². The number of nitriles is 1. The number of sulfone groups is 1. The molecular weight excluding hydrogens is 354 g/mol. The summed E-state index contributed by atoms with van der Waals surface area (Å²) in [6.07, 6.45) is 1.90. The van der Waals surface area contributed by atoms with Crippen LogP contribution >= 0.6 is 0 Å². The third-order valence-corrected chi connectivity index (χ3v) is 5.97. The lowest BCUT2D eigenvalue weighted by Gasteiger charge is -2.23. The number of benzene rings is 1. The van der Waals surface area contributed by atoms with Gasteiger partial charge in [-0.1, -0.05) is 0 Å². The lowest BCUT2D eigenvalue weighted by Crippen LogP contribution is -2.38. The molecule has 1 amide bonds. The van der Waals surface area contributed by atoms with Crippen LogP contribution in [0.25, 0.3) is 0 Å². The van der Waals surface area contributed by atoms with E-state index in [9.17, 15) is 13.2 Å². The van der Waals surface area contributed by atoms with Crippen molar-refractivity contribution in [1.82, 2.24) is 14.9 Å². The van der Waals surface area contributed by atoms with E-state index in [2.05, 4.69) is 15.3 Å². The Bertz CT molecular complexity index is 967. The van der Waals surface area contributed by atoms with Gasteiger partial charge in [0.1, 0.15) is 5.69 Å². The van der Waals surface area contributed by atoms with Crippen LogP contribution in [0.3, 0.4) is 0 Å². The molecule has 1 aliphatic rings. The Morgan fingerprint density at radius 2 is 2.04 bits per heavy atom. The maximum absolute atomic E-state index is 12.6. The highest BCUT2D eigenvalue weighted by atomic mass is 32.2. The number of hydrogen-bond donors (Lipinski definition) is 1. The number of carbonyl (C=O) groups excluding carboxylic acids is 1. The monoisotopic (exact) mass is 371 g/mol. The number of nitrogens with one attached hydrogen (secondary N) is 1. The molecule has 9 heteroatoms. The zero-order valence-corrected chi connectivity index (χ0v) is 14.9. The van der Waals surface area contributed by atoms with Crippen molar-refractivity contribution in [2.24, 2.45) is 0 Å². The zero-order valence-electron chi connectivity index (χ0n) is 14.1. The molecule has 0 bridgehead atoms. The van der Waals surface area contributed by atoms with Crippen LogP contribution in [0, 0.1) is 11.3 Å². The summed E-state index contributed by atoms with van der Waals surface area (Å²) in [6, 6.07) is 9.94. The molecule has 0 saturated carbocycles. The summed E-state index contributed by atoms with van der Waals surface area (Å²) >= 11 is 0. The summed E-state index contributed by atoms with van der Waals surface area (Å²) in [6.45, 7) is 0. The van der Waals surface area contributed by atoms with Gasteiger partial charge in [0.2, 0.25) is 5.95 Å². The van der Waals surface area contributed by atoms with Crippen molar-refractivity contribution in [2.75, 3.05) is 23.9 Å². The molecule has 8 nitrogen and oxygen atoms in total. The molecule has 1 unspecified atom stereocenters. The maximum Gasteiger partial charge on any atom is 0.272 e. The van der Waals surface area contributed by atoms with Crippen LogP contribution in [-0.4, -0.2) is 53.8 Å². The number of hydrogen-bond acceptors (Lipinski definition) is 7. The van der Waals surface area contributed by atoms with E-state index in [4.69, 9.17) is 5.26 Å². The third-order valence-electron chi connectivity index (χ3n) is 4.22. The number of carbonyl (C=O) groups is 1. The van der Waals surface area contributed by atoms with E-state index >= 15 is 0 Å². The van der Waals surface area contributed by atoms with Gasteiger partial charge >= 0.3 is 0 Å². The number of rotatable bonds is 4. The summed E-state index contributed by atoms with van der Waals surface area (Å²) in [4.78, 5) is 22.3. The van der Waals surface area contributed by atoms with E-state index in [1.54, 1.807) is 31.3 Å². The van der Waals surface area contributed by atoms with Crippen LogP contribution in [0.15, 0.2) is 36.5 Å². The fourth-order valence-electron chi connectivity index (χ4n) is 2.72. The number of nitrogens with zero attached hydrogens (tertiary/aromatic N) is 4. The molecule has 1 fully saturated rings. The van der Waals surface area contributed by atoms with Gasteiger partial charge in [-0.15, -0.1) is 0 Å². The van der Waals surface area contributed by atoms with Crippen molar-refractivity contribution in [1.29, 1.82) is 5.26 Å². The smallest absolute Gasteiger partial charge is 0.272 e. The Morgan fingerprint density at radius 3 is 2.65 bits per heavy atom. The Labute approximate surface area is 151 Å². The number of aromatic nitrogens is 2. The van der Waals surface area contributed by atoms with E-state index < -0.39 is 9.84 Å².